The zero-order valence-electron chi connectivity index (χ0n) is 17.7. The number of nitrogens with one attached hydrogen (secondary N) is 1. The summed E-state index contributed by atoms with van der Waals surface area (Å²) in [5, 5.41) is 2.83. The molecule has 2 heterocycles. The minimum absolute atomic E-state index is 0.0701. The molecule has 9 heteroatoms. The lowest BCUT2D eigenvalue weighted by atomic mass is 10.0. The summed E-state index contributed by atoms with van der Waals surface area (Å²) in [6, 6.07) is 9.96. The van der Waals surface area contributed by atoms with E-state index < -0.39 is 10.0 Å². The van der Waals surface area contributed by atoms with Crippen LogP contribution in [0.15, 0.2) is 46.1 Å². The summed E-state index contributed by atoms with van der Waals surface area (Å²) in [7, 11) is -1.94. The van der Waals surface area contributed by atoms with Crippen LogP contribution in [0.4, 0.5) is 5.69 Å². The van der Waals surface area contributed by atoms with E-state index in [1.807, 2.05) is 0 Å². The number of aromatic nitrogens is 1. The van der Waals surface area contributed by atoms with Gasteiger partial charge in [-0.2, -0.15) is 4.31 Å². The highest BCUT2D eigenvalue weighted by atomic mass is 32.2. The van der Waals surface area contributed by atoms with Crippen molar-refractivity contribution in [2.75, 3.05) is 18.4 Å². The Kier molecular flexibility index (Phi) is 5.76. The first-order valence-electron chi connectivity index (χ1n) is 10.2. The smallest absolute Gasteiger partial charge is 0.307 e. The van der Waals surface area contributed by atoms with Gasteiger partial charge < -0.3 is 9.88 Å². The van der Waals surface area contributed by atoms with Gasteiger partial charge in [0.2, 0.25) is 10.0 Å². The molecule has 0 unspecified atom stereocenters. The van der Waals surface area contributed by atoms with Crippen LogP contribution in [0.3, 0.4) is 0 Å². The number of hydrogen-bond donors (Lipinski definition) is 1. The molecule has 0 radical (unpaired) electrons. The zero-order valence-corrected chi connectivity index (χ0v) is 19.3. The molecule has 1 aliphatic heterocycles. The summed E-state index contributed by atoms with van der Waals surface area (Å²) in [5.41, 5.74) is 2.35. The molecule has 0 aliphatic carbocycles. The fraction of sp³-hybridized carbons (Fsp3) is 0.364. The maximum absolute atomic E-state index is 13.1. The molecule has 31 heavy (non-hydrogen) atoms. The number of aryl methyl sites for hydroxylation is 2. The second kappa shape index (κ2) is 8.22. The third-order valence-corrected chi connectivity index (χ3v) is 8.77. The van der Waals surface area contributed by atoms with Crippen molar-refractivity contribution in [2.45, 2.75) is 31.6 Å². The molecule has 3 aromatic rings. The Morgan fingerprint density at radius 2 is 1.84 bits per heavy atom. The van der Waals surface area contributed by atoms with Crippen molar-refractivity contribution >= 4 is 43.2 Å². The topological polar surface area (TPSA) is 88.5 Å². The van der Waals surface area contributed by atoms with Crippen molar-refractivity contribution in [2.24, 2.45) is 13.0 Å². The Balaban J connectivity index is 1.61. The normalized spacial score (nSPS) is 16.0. The average Bonchev–Trinajstić information content (AvgIpc) is 3.01. The molecule has 0 saturated carbocycles. The van der Waals surface area contributed by atoms with Crippen LogP contribution in [0.25, 0.3) is 10.2 Å². The van der Waals surface area contributed by atoms with Crippen LogP contribution >= 0.6 is 11.3 Å². The SMILES string of the molecule is Cc1ccc(S(=O)(=O)N2CCC(C)CC2)cc1C(=O)Nc1ccc2c(c1)sc(=O)n2C. The van der Waals surface area contributed by atoms with E-state index in [0.29, 0.717) is 35.8 Å². The molecule has 2 aromatic carbocycles. The van der Waals surface area contributed by atoms with Gasteiger partial charge in [0.1, 0.15) is 0 Å². The van der Waals surface area contributed by atoms with E-state index in [4.69, 9.17) is 0 Å². The van der Waals surface area contributed by atoms with Gasteiger partial charge >= 0.3 is 4.87 Å². The Morgan fingerprint density at radius 1 is 1.13 bits per heavy atom. The molecule has 1 saturated heterocycles. The lowest BCUT2D eigenvalue weighted by Gasteiger charge is -2.29. The first-order chi connectivity index (χ1) is 14.7. The number of sulfonamides is 1. The summed E-state index contributed by atoms with van der Waals surface area (Å²) in [6.45, 7) is 4.90. The third-order valence-electron chi connectivity index (χ3n) is 5.88. The highest BCUT2D eigenvalue weighted by molar-refractivity contribution is 7.89. The van der Waals surface area contributed by atoms with Gasteiger partial charge in [-0.25, -0.2) is 8.42 Å². The Labute approximate surface area is 185 Å². The van der Waals surface area contributed by atoms with E-state index in [1.54, 1.807) is 48.9 Å². The van der Waals surface area contributed by atoms with Crippen molar-refractivity contribution in [1.82, 2.24) is 8.87 Å². The van der Waals surface area contributed by atoms with Gasteiger partial charge in [-0.3, -0.25) is 9.59 Å². The van der Waals surface area contributed by atoms with Crippen LogP contribution < -0.4 is 10.2 Å². The molecular formula is C22H25N3O4S2. The average molecular weight is 460 g/mol. The molecule has 1 N–H and O–H groups in total. The lowest BCUT2D eigenvalue weighted by molar-refractivity contribution is 0.102. The molecular weight excluding hydrogens is 434 g/mol. The summed E-state index contributed by atoms with van der Waals surface area (Å²) in [5.74, 6) is 0.135. The third kappa shape index (κ3) is 4.17. The van der Waals surface area contributed by atoms with Crippen molar-refractivity contribution in [1.29, 1.82) is 0 Å². The summed E-state index contributed by atoms with van der Waals surface area (Å²) in [4.78, 5) is 24.9. The van der Waals surface area contributed by atoms with Crippen LogP contribution in [-0.4, -0.2) is 36.3 Å². The standard InChI is InChI=1S/C22H25N3O4S2/c1-14-8-10-25(11-9-14)31(28,29)17-6-4-15(2)18(13-17)21(26)23-16-5-7-19-20(12-16)30-22(27)24(19)3/h4-7,12-14H,8-11H2,1-3H3,(H,23,26). The number of carbonyl (C=O) groups is 1. The number of carbonyl (C=O) groups excluding carboxylic acids is 1. The van der Waals surface area contributed by atoms with Crippen molar-refractivity contribution in [3.05, 3.63) is 57.2 Å². The van der Waals surface area contributed by atoms with Gasteiger partial charge in [-0.15, -0.1) is 0 Å². The molecule has 0 bridgehead atoms. The summed E-state index contributed by atoms with van der Waals surface area (Å²) in [6.07, 6.45) is 1.68. The van der Waals surface area contributed by atoms with Crippen LogP contribution in [0.5, 0.6) is 0 Å². The number of anilines is 1. The minimum Gasteiger partial charge on any atom is -0.322 e. The highest BCUT2D eigenvalue weighted by Crippen LogP contribution is 2.26. The molecule has 4 rings (SSSR count). The number of piperidine rings is 1. The number of thiazole rings is 1. The van der Waals surface area contributed by atoms with E-state index in [1.165, 1.54) is 10.4 Å². The highest BCUT2D eigenvalue weighted by Gasteiger charge is 2.29. The van der Waals surface area contributed by atoms with Crippen LogP contribution in [0.1, 0.15) is 35.7 Å². The van der Waals surface area contributed by atoms with E-state index in [2.05, 4.69) is 12.2 Å². The molecule has 7 nitrogen and oxygen atoms in total. The first kappa shape index (κ1) is 21.7. The van der Waals surface area contributed by atoms with E-state index in [0.717, 1.165) is 34.4 Å². The van der Waals surface area contributed by atoms with Crippen molar-refractivity contribution in [3.63, 3.8) is 0 Å². The summed E-state index contributed by atoms with van der Waals surface area (Å²) < 4.78 is 30.0. The fourth-order valence-corrected chi connectivity index (χ4v) is 6.21. The number of rotatable bonds is 4. The largest absolute Gasteiger partial charge is 0.322 e. The van der Waals surface area contributed by atoms with Gasteiger partial charge in [0, 0.05) is 31.4 Å². The van der Waals surface area contributed by atoms with Crippen molar-refractivity contribution < 1.29 is 13.2 Å². The number of fused-ring (bicyclic) bond motifs is 1. The van der Waals surface area contributed by atoms with Gasteiger partial charge in [0.15, 0.2) is 0 Å². The van der Waals surface area contributed by atoms with E-state index in [-0.39, 0.29) is 15.7 Å². The number of amides is 1. The van der Waals surface area contributed by atoms with Crippen LogP contribution in [-0.2, 0) is 17.1 Å². The summed E-state index contributed by atoms with van der Waals surface area (Å²) >= 11 is 1.11. The maximum atomic E-state index is 13.1. The molecule has 1 aromatic heterocycles. The van der Waals surface area contributed by atoms with Gasteiger partial charge in [-0.05, 0) is 61.6 Å². The number of benzene rings is 2. The Morgan fingerprint density at radius 3 is 2.55 bits per heavy atom. The molecule has 1 fully saturated rings. The number of nitrogens with zero attached hydrogens (tertiary/aromatic N) is 2. The lowest BCUT2D eigenvalue weighted by Crippen LogP contribution is -2.38. The predicted molar refractivity (Wildman–Crippen MR) is 123 cm³/mol. The number of hydrogen-bond acceptors (Lipinski definition) is 5. The second-order valence-electron chi connectivity index (χ2n) is 8.13. The fourth-order valence-electron chi connectivity index (χ4n) is 3.79. The van der Waals surface area contributed by atoms with Crippen molar-refractivity contribution in [3.8, 4) is 0 Å². The zero-order chi connectivity index (χ0) is 22.3. The second-order valence-corrected chi connectivity index (χ2v) is 11.1. The van der Waals surface area contributed by atoms with Crippen LogP contribution in [0.2, 0.25) is 0 Å². The van der Waals surface area contributed by atoms with Gasteiger partial charge in [0.25, 0.3) is 5.91 Å². The monoisotopic (exact) mass is 459 g/mol. The molecule has 0 atom stereocenters. The quantitative estimate of drug-likeness (QED) is 0.646. The first-order valence-corrected chi connectivity index (χ1v) is 12.4. The molecule has 164 valence electrons. The Bertz CT molecular complexity index is 1320. The molecule has 1 aliphatic rings. The van der Waals surface area contributed by atoms with E-state index in [9.17, 15) is 18.0 Å². The van der Waals surface area contributed by atoms with E-state index >= 15 is 0 Å². The van der Waals surface area contributed by atoms with Gasteiger partial charge in [-0.1, -0.05) is 24.3 Å². The van der Waals surface area contributed by atoms with Crippen LogP contribution in [0, 0.1) is 12.8 Å². The maximum Gasteiger partial charge on any atom is 0.307 e. The molecule has 1 amide bonds. The molecule has 0 spiro atoms. The Hall–Kier alpha value is -2.49. The van der Waals surface area contributed by atoms with Gasteiger partial charge in [0.05, 0.1) is 15.1 Å². The minimum atomic E-state index is -3.64. The predicted octanol–water partition coefficient (Wildman–Crippen LogP) is 3.58.